The highest BCUT2D eigenvalue weighted by molar-refractivity contribution is 6.98. The van der Waals surface area contributed by atoms with E-state index in [-0.39, 0.29) is 12.1 Å². The fourth-order valence-electron chi connectivity index (χ4n) is 8.17. The number of aromatic nitrogens is 1. The summed E-state index contributed by atoms with van der Waals surface area (Å²) < 4.78 is 13.0. The molecule has 0 fully saturated rings. The number of para-hydroxylation sites is 2. The van der Waals surface area contributed by atoms with Gasteiger partial charge in [0.15, 0.2) is 0 Å². The van der Waals surface area contributed by atoms with Gasteiger partial charge in [0.1, 0.15) is 23.0 Å². The Morgan fingerprint density at radius 3 is 2.13 bits per heavy atom. The van der Waals surface area contributed by atoms with Gasteiger partial charge in [0.25, 0.3) is 6.71 Å². The SMILES string of the molecule is CC1(C)c2cc3c(cc2-c2ccc4cc(N(c5ccccc5)c5ccncc5)ccc4c21)Oc1cccc2c1B3c1ccccc1O2. The number of benzene rings is 6. The van der Waals surface area contributed by atoms with E-state index in [0.29, 0.717) is 0 Å². The van der Waals surface area contributed by atoms with Gasteiger partial charge in [0.05, 0.1) is 0 Å². The van der Waals surface area contributed by atoms with Crippen LogP contribution in [0.25, 0.3) is 21.9 Å². The fraction of sp³-hybridized carbons (Fsp3) is 0.0714. The van der Waals surface area contributed by atoms with Gasteiger partial charge >= 0.3 is 0 Å². The summed E-state index contributed by atoms with van der Waals surface area (Å²) in [5, 5.41) is 2.49. The summed E-state index contributed by atoms with van der Waals surface area (Å²) in [6, 6.07) is 45.3. The molecule has 1 aromatic heterocycles. The second kappa shape index (κ2) is 9.60. The van der Waals surface area contributed by atoms with Gasteiger partial charge in [-0.05, 0) is 105 Å². The smallest absolute Gasteiger partial charge is 0.260 e. The van der Waals surface area contributed by atoms with Gasteiger partial charge in [-0.3, -0.25) is 4.98 Å². The first-order valence-electron chi connectivity index (χ1n) is 16.1. The number of rotatable bonds is 3. The minimum absolute atomic E-state index is 0.0520. The Labute approximate surface area is 274 Å². The number of anilines is 3. The van der Waals surface area contributed by atoms with Crippen LogP contribution in [0.5, 0.6) is 23.0 Å². The Balaban J connectivity index is 1.13. The van der Waals surface area contributed by atoms with E-state index in [1.807, 2.05) is 24.5 Å². The third kappa shape index (κ3) is 3.74. The number of hydrogen-bond acceptors (Lipinski definition) is 4. The monoisotopic (exact) mass is 604 g/mol. The van der Waals surface area contributed by atoms with Crippen LogP contribution in [0.3, 0.4) is 0 Å². The minimum atomic E-state index is -0.213. The molecule has 7 aromatic rings. The van der Waals surface area contributed by atoms with E-state index < -0.39 is 0 Å². The van der Waals surface area contributed by atoms with Crippen molar-refractivity contribution in [3.63, 3.8) is 0 Å². The van der Waals surface area contributed by atoms with Gasteiger partial charge in [-0.15, -0.1) is 0 Å². The lowest BCUT2D eigenvalue weighted by atomic mass is 9.34. The van der Waals surface area contributed by atoms with Crippen LogP contribution >= 0.6 is 0 Å². The van der Waals surface area contributed by atoms with Gasteiger partial charge in [-0.2, -0.15) is 0 Å². The Hall–Kier alpha value is -5.81. The van der Waals surface area contributed by atoms with Crippen LogP contribution in [0.4, 0.5) is 17.1 Å². The van der Waals surface area contributed by atoms with Crippen molar-refractivity contribution in [2.75, 3.05) is 4.90 Å². The molecule has 10 rings (SSSR count). The number of nitrogens with zero attached hydrogens (tertiary/aromatic N) is 2. The quantitative estimate of drug-likeness (QED) is 0.189. The maximum absolute atomic E-state index is 6.67. The number of ether oxygens (including phenoxy) is 2. The van der Waals surface area contributed by atoms with Crippen molar-refractivity contribution in [3.8, 4) is 34.1 Å². The van der Waals surface area contributed by atoms with E-state index in [2.05, 4.69) is 139 Å². The molecule has 3 aliphatic rings. The third-order valence-electron chi connectivity index (χ3n) is 10.2. The largest absolute Gasteiger partial charge is 0.458 e. The summed E-state index contributed by atoms with van der Waals surface area (Å²) in [4.78, 5) is 6.56. The average Bonchev–Trinajstić information content (AvgIpc) is 3.33. The molecular weight excluding hydrogens is 575 g/mol. The molecule has 4 nitrogen and oxygen atoms in total. The highest BCUT2D eigenvalue weighted by atomic mass is 16.5. The van der Waals surface area contributed by atoms with Crippen molar-refractivity contribution >= 4 is 50.9 Å². The van der Waals surface area contributed by atoms with Gasteiger partial charge in [-0.1, -0.05) is 80.6 Å². The highest BCUT2D eigenvalue weighted by Crippen LogP contribution is 2.53. The zero-order valence-electron chi connectivity index (χ0n) is 26.1. The molecule has 0 radical (unpaired) electrons. The molecule has 0 atom stereocenters. The lowest BCUT2D eigenvalue weighted by Gasteiger charge is -2.33. The third-order valence-corrected chi connectivity index (χ3v) is 10.2. The number of pyridine rings is 1. The summed E-state index contributed by atoms with van der Waals surface area (Å²) in [5.74, 6) is 3.58. The van der Waals surface area contributed by atoms with Gasteiger partial charge in [0.2, 0.25) is 0 Å². The Bertz CT molecular complexity index is 2370. The first-order valence-corrected chi connectivity index (χ1v) is 16.1. The number of hydrogen-bond donors (Lipinski definition) is 0. The molecule has 0 unspecified atom stereocenters. The second-order valence-corrected chi connectivity index (χ2v) is 13.2. The maximum atomic E-state index is 6.67. The zero-order chi connectivity index (χ0) is 31.3. The molecule has 47 heavy (non-hydrogen) atoms. The Morgan fingerprint density at radius 2 is 1.30 bits per heavy atom. The molecule has 3 heterocycles. The Kier molecular flexibility index (Phi) is 5.40. The molecule has 2 aliphatic heterocycles. The first kappa shape index (κ1) is 26.4. The zero-order valence-corrected chi connectivity index (χ0v) is 26.1. The predicted octanol–water partition coefficient (Wildman–Crippen LogP) is 8.74. The van der Waals surface area contributed by atoms with E-state index in [9.17, 15) is 0 Å². The molecule has 5 heteroatoms. The van der Waals surface area contributed by atoms with E-state index in [0.717, 1.165) is 45.5 Å². The van der Waals surface area contributed by atoms with E-state index in [1.165, 1.54) is 44.0 Å². The molecule has 0 spiro atoms. The Morgan fingerprint density at radius 1 is 0.574 bits per heavy atom. The van der Waals surface area contributed by atoms with Crippen molar-refractivity contribution in [2.45, 2.75) is 19.3 Å². The van der Waals surface area contributed by atoms with Gasteiger partial charge in [0, 0.05) is 40.3 Å². The van der Waals surface area contributed by atoms with Crippen molar-refractivity contribution in [1.82, 2.24) is 4.98 Å². The highest BCUT2D eigenvalue weighted by Gasteiger charge is 2.44. The molecular formula is C42H29BN2O2. The standard InChI is InChI=1S/C42H29BN2O2/c1-42(2)33-25-35-39(47-38-14-8-13-37-41(38)43(35)34-11-6-7-12-36(34)46-37)24-32(33)31-17-15-26-23-29(16-18-30(26)40(31)42)45(27-9-4-3-5-10-27)28-19-21-44-22-20-28/h3-25H,1-2H3. The van der Waals surface area contributed by atoms with E-state index in [4.69, 9.17) is 9.47 Å². The molecule has 6 aromatic carbocycles. The average molecular weight is 605 g/mol. The summed E-state index contributed by atoms with van der Waals surface area (Å²) >= 11 is 0. The van der Waals surface area contributed by atoms with Crippen LogP contribution in [0.15, 0.2) is 140 Å². The van der Waals surface area contributed by atoms with Crippen LogP contribution in [0.1, 0.15) is 25.0 Å². The summed E-state index contributed by atoms with van der Waals surface area (Å²) in [6.07, 6.45) is 3.70. The van der Waals surface area contributed by atoms with E-state index in [1.54, 1.807) is 0 Å². The molecule has 0 saturated heterocycles. The minimum Gasteiger partial charge on any atom is -0.458 e. The van der Waals surface area contributed by atoms with Gasteiger partial charge < -0.3 is 14.4 Å². The summed E-state index contributed by atoms with van der Waals surface area (Å²) in [6.45, 7) is 4.79. The lowest BCUT2D eigenvalue weighted by Crippen LogP contribution is -2.57. The maximum Gasteiger partial charge on any atom is 0.260 e. The molecule has 0 N–H and O–H groups in total. The van der Waals surface area contributed by atoms with Crippen LogP contribution in [0, 0.1) is 0 Å². The van der Waals surface area contributed by atoms with Crippen LogP contribution in [0.2, 0.25) is 0 Å². The lowest BCUT2D eigenvalue weighted by molar-refractivity contribution is 0.464. The van der Waals surface area contributed by atoms with E-state index >= 15 is 0 Å². The van der Waals surface area contributed by atoms with Crippen LogP contribution in [-0.2, 0) is 5.41 Å². The summed E-state index contributed by atoms with van der Waals surface area (Å²) in [7, 11) is 0. The summed E-state index contributed by atoms with van der Waals surface area (Å²) in [5.41, 5.74) is 11.8. The first-order chi connectivity index (χ1) is 23.1. The normalized spacial score (nSPS) is 14.2. The molecule has 1 aliphatic carbocycles. The molecule has 0 saturated carbocycles. The molecule has 0 amide bonds. The van der Waals surface area contributed by atoms with Crippen LogP contribution < -0.4 is 30.8 Å². The molecule has 0 bridgehead atoms. The van der Waals surface area contributed by atoms with Crippen molar-refractivity contribution < 1.29 is 9.47 Å². The van der Waals surface area contributed by atoms with Crippen molar-refractivity contribution in [3.05, 3.63) is 151 Å². The fourth-order valence-corrected chi connectivity index (χ4v) is 8.17. The van der Waals surface area contributed by atoms with Crippen LogP contribution in [-0.4, -0.2) is 11.7 Å². The van der Waals surface area contributed by atoms with Crippen molar-refractivity contribution in [2.24, 2.45) is 0 Å². The predicted molar refractivity (Wildman–Crippen MR) is 192 cm³/mol. The molecule has 222 valence electrons. The van der Waals surface area contributed by atoms with Crippen molar-refractivity contribution in [1.29, 1.82) is 0 Å². The van der Waals surface area contributed by atoms with Gasteiger partial charge in [-0.25, -0.2) is 0 Å². The second-order valence-electron chi connectivity index (χ2n) is 13.2. The topological polar surface area (TPSA) is 34.6 Å². The number of fused-ring (bicyclic) bond motifs is 9.